The highest BCUT2D eigenvalue weighted by atomic mass is 32.1. The summed E-state index contributed by atoms with van der Waals surface area (Å²) >= 11 is 1.80. The third-order valence-corrected chi connectivity index (χ3v) is 5.00. The van der Waals surface area contributed by atoms with E-state index in [1.54, 1.807) is 22.2 Å². The van der Waals surface area contributed by atoms with Gasteiger partial charge in [0.1, 0.15) is 6.54 Å². The number of aromatic nitrogens is 3. The minimum atomic E-state index is 0.0952. The zero-order chi connectivity index (χ0) is 14.8. The van der Waals surface area contributed by atoms with Crippen LogP contribution < -0.4 is 0 Å². The number of amides is 1. The molecule has 6 heteroatoms. The van der Waals surface area contributed by atoms with E-state index in [0.29, 0.717) is 12.5 Å². The van der Waals surface area contributed by atoms with Gasteiger partial charge in [0.15, 0.2) is 0 Å². The number of fused-ring (bicyclic) bond motifs is 1. The summed E-state index contributed by atoms with van der Waals surface area (Å²) in [6.07, 6.45) is 6.96. The van der Waals surface area contributed by atoms with Gasteiger partial charge in [-0.1, -0.05) is 0 Å². The molecule has 1 aliphatic carbocycles. The van der Waals surface area contributed by atoms with Crippen molar-refractivity contribution in [2.45, 2.75) is 38.6 Å². The van der Waals surface area contributed by atoms with Crippen LogP contribution in [0.3, 0.4) is 0 Å². The molecule has 0 saturated heterocycles. The van der Waals surface area contributed by atoms with Gasteiger partial charge < -0.3 is 4.90 Å². The van der Waals surface area contributed by atoms with Gasteiger partial charge in [0, 0.05) is 36.8 Å². The first kappa shape index (κ1) is 14.3. The molecule has 3 rings (SSSR count). The number of nitrogens with zero attached hydrogens (tertiary/aromatic N) is 4. The summed E-state index contributed by atoms with van der Waals surface area (Å²) in [5.74, 6) is 0.475. The minimum absolute atomic E-state index is 0.0952. The molecule has 0 aliphatic heterocycles. The molecule has 21 heavy (non-hydrogen) atoms. The predicted octanol–water partition coefficient (Wildman–Crippen LogP) is 2.23. The van der Waals surface area contributed by atoms with Crippen LogP contribution in [0, 0.1) is 6.92 Å². The lowest BCUT2D eigenvalue weighted by molar-refractivity contribution is -0.131. The fourth-order valence-electron chi connectivity index (χ4n) is 2.89. The average molecular weight is 304 g/mol. The minimum Gasteiger partial charge on any atom is -0.343 e. The second-order valence-corrected chi connectivity index (χ2v) is 6.90. The Morgan fingerprint density at radius 1 is 1.57 bits per heavy atom. The van der Waals surface area contributed by atoms with Crippen molar-refractivity contribution in [2.24, 2.45) is 0 Å². The second kappa shape index (κ2) is 5.97. The fraction of sp³-hybridized carbons (Fsp3) is 0.533. The molecule has 0 unspecified atom stereocenters. The molecule has 1 aliphatic rings. The summed E-state index contributed by atoms with van der Waals surface area (Å²) in [6.45, 7) is 3.11. The molecule has 0 spiro atoms. The topological polar surface area (TPSA) is 51.0 Å². The summed E-state index contributed by atoms with van der Waals surface area (Å²) in [5, 5.41) is 5.22. The standard InChI is InChI=1S/C15H20N4OS/c1-11-17-15-12(5-3-6-13(15)21-11)9-18(2)14(20)10-19-8-4-7-16-19/h4,7-8,12H,3,5-6,9-10H2,1-2H3/t12-/m0/s1. The Morgan fingerprint density at radius 3 is 3.19 bits per heavy atom. The van der Waals surface area contributed by atoms with Crippen LogP contribution in [0.15, 0.2) is 18.5 Å². The average Bonchev–Trinajstić information content (AvgIpc) is 3.07. The molecule has 0 fully saturated rings. The van der Waals surface area contributed by atoms with Crippen molar-refractivity contribution >= 4 is 17.2 Å². The lowest BCUT2D eigenvalue weighted by atomic mass is 9.90. The monoisotopic (exact) mass is 304 g/mol. The highest BCUT2D eigenvalue weighted by Crippen LogP contribution is 2.34. The first-order valence-electron chi connectivity index (χ1n) is 7.31. The Balaban J connectivity index is 1.65. The summed E-state index contributed by atoms with van der Waals surface area (Å²) in [5.41, 5.74) is 1.22. The van der Waals surface area contributed by atoms with Crippen molar-refractivity contribution in [3.8, 4) is 0 Å². The zero-order valence-electron chi connectivity index (χ0n) is 12.5. The van der Waals surface area contributed by atoms with Gasteiger partial charge in [0.05, 0.1) is 10.7 Å². The number of hydrogen-bond acceptors (Lipinski definition) is 4. The largest absolute Gasteiger partial charge is 0.343 e. The SMILES string of the molecule is Cc1nc2c(s1)CCC[C@H]2CN(C)C(=O)Cn1cccn1. The van der Waals surface area contributed by atoms with Gasteiger partial charge in [0.2, 0.25) is 5.91 Å². The maximum atomic E-state index is 12.2. The lowest BCUT2D eigenvalue weighted by Gasteiger charge is -2.26. The van der Waals surface area contributed by atoms with Crippen LogP contribution >= 0.6 is 11.3 Å². The van der Waals surface area contributed by atoms with Gasteiger partial charge in [-0.3, -0.25) is 9.48 Å². The third-order valence-electron chi connectivity index (χ3n) is 3.95. The van der Waals surface area contributed by atoms with Crippen LogP contribution in [0.1, 0.15) is 34.3 Å². The first-order valence-corrected chi connectivity index (χ1v) is 8.12. The van der Waals surface area contributed by atoms with Crippen molar-refractivity contribution in [3.05, 3.63) is 34.0 Å². The van der Waals surface area contributed by atoms with E-state index in [-0.39, 0.29) is 5.91 Å². The van der Waals surface area contributed by atoms with E-state index in [4.69, 9.17) is 0 Å². The molecule has 1 amide bonds. The van der Waals surface area contributed by atoms with Crippen LogP contribution in [0.2, 0.25) is 0 Å². The first-order chi connectivity index (χ1) is 10.1. The van der Waals surface area contributed by atoms with Crippen molar-refractivity contribution in [1.29, 1.82) is 0 Å². The molecule has 0 N–H and O–H groups in total. The van der Waals surface area contributed by atoms with Crippen molar-refractivity contribution < 1.29 is 4.79 Å². The molecule has 0 aromatic carbocycles. The van der Waals surface area contributed by atoms with Gasteiger partial charge in [0.25, 0.3) is 0 Å². The molecule has 2 heterocycles. The van der Waals surface area contributed by atoms with Crippen molar-refractivity contribution in [2.75, 3.05) is 13.6 Å². The summed E-state index contributed by atoms with van der Waals surface area (Å²) in [7, 11) is 1.87. The van der Waals surface area contributed by atoms with E-state index in [1.165, 1.54) is 17.0 Å². The lowest BCUT2D eigenvalue weighted by Crippen LogP contribution is -2.34. The van der Waals surface area contributed by atoms with Crippen LogP contribution in [0.5, 0.6) is 0 Å². The number of aryl methyl sites for hydroxylation is 2. The van der Waals surface area contributed by atoms with Crippen LogP contribution in [-0.4, -0.2) is 39.2 Å². The van der Waals surface area contributed by atoms with Gasteiger partial charge in [-0.05, 0) is 32.3 Å². The molecule has 5 nitrogen and oxygen atoms in total. The van der Waals surface area contributed by atoms with Crippen LogP contribution in [0.4, 0.5) is 0 Å². The fourth-order valence-corrected chi connectivity index (χ4v) is 3.96. The third kappa shape index (κ3) is 3.15. The van der Waals surface area contributed by atoms with Gasteiger partial charge in [-0.2, -0.15) is 5.10 Å². The van der Waals surface area contributed by atoms with Crippen molar-refractivity contribution in [1.82, 2.24) is 19.7 Å². The molecule has 2 aromatic heterocycles. The number of carbonyl (C=O) groups excluding carboxylic acids is 1. The van der Waals surface area contributed by atoms with E-state index in [1.807, 2.05) is 24.2 Å². The molecule has 2 aromatic rings. The molecule has 1 atom stereocenters. The van der Waals surface area contributed by atoms with Crippen molar-refractivity contribution in [3.63, 3.8) is 0 Å². The number of thiazole rings is 1. The van der Waals surface area contributed by atoms with Crippen LogP contribution in [-0.2, 0) is 17.8 Å². The Labute approximate surface area is 128 Å². The predicted molar refractivity (Wildman–Crippen MR) is 82.4 cm³/mol. The number of rotatable bonds is 4. The smallest absolute Gasteiger partial charge is 0.244 e. The Kier molecular flexibility index (Phi) is 4.05. The molecular weight excluding hydrogens is 284 g/mol. The zero-order valence-corrected chi connectivity index (χ0v) is 13.3. The van der Waals surface area contributed by atoms with E-state index < -0.39 is 0 Å². The van der Waals surface area contributed by atoms with Crippen LogP contribution in [0.25, 0.3) is 0 Å². The maximum Gasteiger partial charge on any atom is 0.244 e. The van der Waals surface area contributed by atoms with E-state index >= 15 is 0 Å². The van der Waals surface area contributed by atoms with Gasteiger partial charge in [-0.15, -0.1) is 11.3 Å². The van der Waals surface area contributed by atoms with E-state index in [9.17, 15) is 4.79 Å². The van der Waals surface area contributed by atoms with E-state index in [0.717, 1.165) is 24.4 Å². The molecular formula is C15H20N4OS. The maximum absolute atomic E-state index is 12.2. The Morgan fingerprint density at radius 2 is 2.43 bits per heavy atom. The number of hydrogen-bond donors (Lipinski definition) is 0. The summed E-state index contributed by atoms with van der Waals surface area (Å²) in [6, 6.07) is 1.83. The quantitative estimate of drug-likeness (QED) is 0.870. The Bertz CT molecular complexity index is 620. The number of carbonyl (C=O) groups is 1. The van der Waals surface area contributed by atoms with Gasteiger partial charge >= 0.3 is 0 Å². The summed E-state index contributed by atoms with van der Waals surface area (Å²) < 4.78 is 1.66. The number of likely N-dealkylation sites (N-methyl/N-ethyl adjacent to an activating group) is 1. The normalized spacial score (nSPS) is 17.5. The highest BCUT2D eigenvalue weighted by molar-refractivity contribution is 7.11. The molecule has 112 valence electrons. The van der Waals surface area contributed by atoms with Gasteiger partial charge in [-0.25, -0.2) is 4.98 Å². The van der Waals surface area contributed by atoms with E-state index in [2.05, 4.69) is 17.0 Å². The second-order valence-electron chi connectivity index (χ2n) is 5.61. The Hall–Kier alpha value is -1.69. The molecule has 0 saturated carbocycles. The molecule has 0 bridgehead atoms. The molecule has 0 radical (unpaired) electrons. The highest BCUT2D eigenvalue weighted by Gasteiger charge is 2.26. The summed E-state index contributed by atoms with van der Waals surface area (Å²) in [4.78, 5) is 20.2.